The number of fused-ring (bicyclic) bond motifs is 1. The lowest BCUT2D eigenvalue weighted by atomic mass is 9.88. The molecule has 1 aromatic carbocycles. The van der Waals surface area contributed by atoms with Crippen LogP contribution in [-0.2, 0) is 17.6 Å². The molecule has 0 heterocycles. The van der Waals surface area contributed by atoms with E-state index in [1.165, 1.54) is 30.0 Å². The Morgan fingerprint density at radius 3 is 2.62 bits per heavy atom. The quantitative estimate of drug-likeness (QED) is 0.843. The topological polar surface area (TPSA) is 37.3 Å². The van der Waals surface area contributed by atoms with E-state index in [-0.39, 0.29) is 0 Å². The summed E-state index contributed by atoms with van der Waals surface area (Å²) in [5, 5.41) is 8.64. The summed E-state index contributed by atoms with van der Waals surface area (Å²) in [7, 11) is 0. The first kappa shape index (κ1) is 11.4. The van der Waals surface area contributed by atoms with Gasteiger partial charge in [-0.3, -0.25) is 0 Å². The lowest BCUT2D eigenvalue weighted by Crippen LogP contribution is -2.05. The normalized spacial score (nSPS) is 15.1. The van der Waals surface area contributed by atoms with Gasteiger partial charge in [-0.1, -0.05) is 22.0 Å². The fraction of sp³-hybridized carbons (Fsp3) is 0.308. The van der Waals surface area contributed by atoms with E-state index >= 15 is 0 Å². The highest BCUT2D eigenvalue weighted by molar-refractivity contribution is 9.10. The molecule has 0 saturated carbocycles. The third kappa shape index (κ3) is 2.35. The van der Waals surface area contributed by atoms with Crippen molar-refractivity contribution in [3.05, 3.63) is 39.4 Å². The van der Waals surface area contributed by atoms with Crippen molar-refractivity contribution in [3.8, 4) is 0 Å². The molecule has 0 radical (unpaired) electrons. The summed E-state index contributed by atoms with van der Waals surface area (Å²) in [5.41, 5.74) is 3.69. The molecule has 0 aromatic heterocycles. The monoisotopic (exact) mass is 280 g/mol. The van der Waals surface area contributed by atoms with Gasteiger partial charge in [0.1, 0.15) is 0 Å². The molecule has 0 fully saturated rings. The van der Waals surface area contributed by atoms with Gasteiger partial charge in [0.05, 0.1) is 0 Å². The number of carboxylic acid groups (broad SMARTS) is 1. The van der Waals surface area contributed by atoms with E-state index in [2.05, 4.69) is 15.9 Å². The zero-order valence-electron chi connectivity index (χ0n) is 8.87. The van der Waals surface area contributed by atoms with Gasteiger partial charge >= 0.3 is 5.97 Å². The SMILES string of the molecule is O=C(O)C=Cc1ccc(Br)c2c1CCCC2. The molecule has 2 nitrogen and oxygen atoms in total. The van der Waals surface area contributed by atoms with Crippen molar-refractivity contribution in [1.82, 2.24) is 0 Å². The Bertz CT molecular complexity index is 449. The first-order valence-electron chi connectivity index (χ1n) is 5.40. The average molecular weight is 281 g/mol. The summed E-state index contributed by atoms with van der Waals surface area (Å²) in [5.74, 6) is -0.896. The molecule has 1 aromatic rings. The van der Waals surface area contributed by atoms with Crippen LogP contribution in [0.3, 0.4) is 0 Å². The molecule has 1 N–H and O–H groups in total. The molecular formula is C13H13BrO2. The highest BCUT2D eigenvalue weighted by Gasteiger charge is 2.14. The van der Waals surface area contributed by atoms with E-state index in [0.717, 1.165) is 22.9 Å². The van der Waals surface area contributed by atoms with Crippen molar-refractivity contribution in [1.29, 1.82) is 0 Å². The molecule has 0 spiro atoms. The van der Waals surface area contributed by atoms with Crippen molar-refractivity contribution in [2.45, 2.75) is 25.7 Å². The van der Waals surface area contributed by atoms with Crippen LogP contribution in [0.2, 0.25) is 0 Å². The maximum absolute atomic E-state index is 10.5. The number of benzene rings is 1. The van der Waals surface area contributed by atoms with Gasteiger partial charge in [-0.05, 0) is 54.5 Å². The van der Waals surface area contributed by atoms with Gasteiger partial charge in [0.25, 0.3) is 0 Å². The van der Waals surface area contributed by atoms with E-state index in [1.54, 1.807) is 6.08 Å². The molecule has 0 bridgehead atoms. The van der Waals surface area contributed by atoms with Crippen LogP contribution in [0.15, 0.2) is 22.7 Å². The van der Waals surface area contributed by atoms with Crippen LogP contribution in [0, 0.1) is 0 Å². The molecule has 2 rings (SSSR count). The molecule has 1 aliphatic rings. The highest BCUT2D eigenvalue weighted by atomic mass is 79.9. The van der Waals surface area contributed by atoms with Crippen LogP contribution in [0.1, 0.15) is 29.5 Å². The summed E-state index contributed by atoms with van der Waals surface area (Å²) in [6.07, 6.45) is 7.45. The van der Waals surface area contributed by atoms with Crippen LogP contribution in [0.5, 0.6) is 0 Å². The van der Waals surface area contributed by atoms with Gasteiger partial charge in [-0.15, -0.1) is 0 Å². The second-order valence-corrected chi connectivity index (χ2v) is 4.83. The van der Waals surface area contributed by atoms with E-state index in [1.807, 2.05) is 12.1 Å². The van der Waals surface area contributed by atoms with Crippen molar-refractivity contribution < 1.29 is 9.90 Å². The zero-order chi connectivity index (χ0) is 11.5. The molecule has 0 amide bonds. The number of rotatable bonds is 2. The number of aliphatic carboxylic acids is 1. The summed E-state index contributed by atoms with van der Waals surface area (Å²) >= 11 is 3.56. The van der Waals surface area contributed by atoms with Gasteiger partial charge in [0, 0.05) is 10.5 Å². The zero-order valence-corrected chi connectivity index (χ0v) is 10.5. The Labute approximate surface area is 103 Å². The predicted octanol–water partition coefficient (Wildman–Crippen LogP) is 3.43. The van der Waals surface area contributed by atoms with E-state index in [9.17, 15) is 4.79 Å². The molecule has 0 unspecified atom stereocenters. The van der Waals surface area contributed by atoms with Gasteiger partial charge in [-0.2, -0.15) is 0 Å². The standard InChI is InChI=1S/C13H13BrO2/c14-12-7-5-9(6-8-13(15)16)10-3-1-2-4-11(10)12/h5-8H,1-4H2,(H,15,16). The van der Waals surface area contributed by atoms with E-state index in [4.69, 9.17) is 5.11 Å². The van der Waals surface area contributed by atoms with Crippen molar-refractivity contribution >= 4 is 28.0 Å². The van der Waals surface area contributed by atoms with Crippen molar-refractivity contribution in [2.75, 3.05) is 0 Å². The lowest BCUT2D eigenvalue weighted by molar-refractivity contribution is -0.131. The third-order valence-corrected chi connectivity index (χ3v) is 3.66. The Balaban J connectivity index is 2.43. The molecular weight excluding hydrogens is 268 g/mol. The Hall–Kier alpha value is -1.09. The van der Waals surface area contributed by atoms with E-state index in [0.29, 0.717) is 0 Å². The maximum atomic E-state index is 10.5. The Kier molecular flexibility index (Phi) is 3.44. The first-order valence-corrected chi connectivity index (χ1v) is 6.19. The van der Waals surface area contributed by atoms with Gasteiger partial charge in [-0.25, -0.2) is 4.79 Å². The molecule has 0 saturated heterocycles. The van der Waals surface area contributed by atoms with Gasteiger partial charge in [0.15, 0.2) is 0 Å². The van der Waals surface area contributed by atoms with E-state index < -0.39 is 5.97 Å². The molecule has 3 heteroatoms. The van der Waals surface area contributed by atoms with Crippen LogP contribution in [0.4, 0.5) is 0 Å². The minimum absolute atomic E-state index is 0.896. The maximum Gasteiger partial charge on any atom is 0.328 e. The van der Waals surface area contributed by atoms with Crippen molar-refractivity contribution in [2.24, 2.45) is 0 Å². The fourth-order valence-corrected chi connectivity index (χ4v) is 2.74. The number of hydrogen-bond donors (Lipinski definition) is 1. The molecule has 84 valence electrons. The molecule has 0 aliphatic heterocycles. The van der Waals surface area contributed by atoms with Crippen LogP contribution >= 0.6 is 15.9 Å². The van der Waals surface area contributed by atoms with Crippen molar-refractivity contribution in [3.63, 3.8) is 0 Å². The second kappa shape index (κ2) is 4.83. The number of hydrogen-bond acceptors (Lipinski definition) is 1. The van der Waals surface area contributed by atoms with Crippen LogP contribution < -0.4 is 0 Å². The van der Waals surface area contributed by atoms with Crippen LogP contribution in [0.25, 0.3) is 6.08 Å². The predicted molar refractivity (Wildman–Crippen MR) is 67.5 cm³/mol. The smallest absolute Gasteiger partial charge is 0.328 e. The number of halogens is 1. The lowest BCUT2D eigenvalue weighted by Gasteiger charge is -2.19. The Morgan fingerprint density at radius 1 is 1.25 bits per heavy atom. The minimum atomic E-state index is -0.896. The van der Waals surface area contributed by atoms with Gasteiger partial charge < -0.3 is 5.11 Å². The number of carbonyl (C=O) groups is 1. The molecule has 0 atom stereocenters. The summed E-state index contributed by atoms with van der Waals surface area (Å²) in [6.45, 7) is 0. The van der Waals surface area contributed by atoms with Gasteiger partial charge in [0.2, 0.25) is 0 Å². The highest BCUT2D eigenvalue weighted by Crippen LogP contribution is 2.31. The summed E-state index contributed by atoms with van der Waals surface area (Å²) in [4.78, 5) is 10.5. The average Bonchev–Trinajstić information content (AvgIpc) is 2.28. The number of carboxylic acids is 1. The molecule has 1 aliphatic carbocycles. The fourth-order valence-electron chi connectivity index (χ4n) is 2.17. The second-order valence-electron chi connectivity index (χ2n) is 3.97. The molecule has 16 heavy (non-hydrogen) atoms. The largest absolute Gasteiger partial charge is 0.478 e. The minimum Gasteiger partial charge on any atom is -0.478 e. The summed E-state index contributed by atoms with van der Waals surface area (Å²) < 4.78 is 1.15. The summed E-state index contributed by atoms with van der Waals surface area (Å²) in [6, 6.07) is 3.99. The Morgan fingerprint density at radius 2 is 1.94 bits per heavy atom. The van der Waals surface area contributed by atoms with Crippen LogP contribution in [-0.4, -0.2) is 11.1 Å². The third-order valence-electron chi connectivity index (χ3n) is 2.92. The first-order chi connectivity index (χ1) is 7.68.